The van der Waals surface area contributed by atoms with Crippen molar-refractivity contribution in [2.45, 2.75) is 271 Å². The number of hydrogen-bond acceptors (Lipinski definition) is 5. The van der Waals surface area contributed by atoms with Gasteiger partial charge in [-0.25, -0.2) is 0 Å². The van der Waals surface area contributed by atoms with Gasteiger partial charge >= 0.3 is 18.1 Å². The Morgan fingerprint density at radius 1 is 0.446 bits per heavy atom. The number of halogens is 3. The number of unbranched alkanes of at least 4 members (excludes halogenated alkanes) is 26. The first-order valence-corrected chi connectivity index (χ1v) is 24.4. The smallest absolute Gasteiger partial charge is 0.389 e. The molecule has 5 nitrogen and oxygen atoms in total. The Bertz CT molecular complexity index is 824. The Balaban J connectivity index is 4.33. The van der Waals surface area contributed by atoms with Crippen LogP contribution in [-0.2, 0) is 19.1 Å². The van der Waals surface area contributed by atoms with E-state index in [1.54, 1.807) is 0 Å². The van der Waals surface area contributed by atoms with Gasteiger partial charge in [0.05, 0.1) is 6.61 Å². The van der Waals surface area contributed by atoms with Crippen molar-refractivity contribution in [2.24, 2.45) is 0 Å². The Morgan fingerprint density at radius 3 is 1.25 bits per heavy atom. The van der Waals surface area contributed by atoms with Gasteiger partial charge in [0.25, 0.3) is 0 Å². The van der Waals surface area contributed by atoms with Crippen molar-refractivity contribution >= 4 is 11.9 Å². The zero-order valence-corrected chi connectivity index (χ0v) is 37.3. The van der Waals surface area contributed by atoms with Crippen molar-refractivity contribution < 1.29 is 32.2 Å². The van der Waals surface area contributed by atoms with E-state index in [0.29, 0.717) is 25.9 Å². The molecule has 0 fully saturated rings. The van der Waals surface area contributed by atoms with E-state index in [9.17, 15) is 22.8 Å². The number of hydrogen-bond donors (Lipinski definition) is 0. The maximum absolute atomic E-state index is 12.8. The van der Waals surface area contributed by atoms with E-state index in [2.05, 4.69) is 25.7 Å². The predicted molar refractivity (Wildman–Crippen MR) is 231 cm³/mol. The maximum Gasteiger partial charge on any atom is 0.389 e. The molecule has 0 atom stereocenters. The minimum absolute atomic E-state index is 0.0256. The highest BCUT2D eigenvalue weighted by Gasteiger charge is 2.25. The SMILES string of the molecule is CCCCCCCCCOC(=O)CCCCCCCN(CCCCCCCC(=O)OC(CCCCCCCC)CCCCCCCC)CCCCCC(F)(F)F. The molecule has 0 spiro atoms. The third-order valence-electron chi connectivity index (χ3n) is 11.2. The molecule has 0 amide bonds. The van der Waals surface area contributed by atoms with E-state index in [1.807, 2.05) is 0 Å². The fourth-order valence-corrected chi connectivity index (χ4v) is 7.57. The van der Waals surface area contributed by atoms with Crippen LogP contribution in [0.5, 0.6) is 0 Å². The molecule has 8 heteroatoms. The van der Waals surface area contributed by atoms with E-state index >= 15 is 0 Å². The standard InChI is InChI=1S/C48H92F3NO4/c1-4-7-10-13-16-25-35-44-55-46(53)38-29-21-17-23-32-41-52(43-34-26-31-40-48(49,50)51)42-33-24-18-22-30-39-47(54)56-45(36-27-19-14-11-8-5-2)37-28-20-15-12-9-6-3/h45H,4-44H2,1-3H3. The first kappa shape index (κ1) is 54.7. The van der Waals surface area contributed by atoms with Crippen molar-refractivity contribution in [3.8, 4) is 0 Å². The molecular formula is C48H92F3NO4. The molecule has 0 N–H and O–H groups in total. The second-order valence-electron chi connectivity index (χ2n) is 16.9. The Morgan fingerprint density at radius 2 is 0.804 bits per heavy atom. The predicted octanol–water partition coefficient (Wildman–Crippen LogP) is 15.8. The number of ether oxygens (including phenoxy) is 2. The Hall–Kier alpha value is -1.31. The lowest BCUT2D eigenvalue weighted by Crippen LogP contribution is -2.27. The van der Waals surface area contributed by atoms with Crippen molar-refractivity contribution in [3.05, 3.63) is 0 Å². The molecule has 0 aliphatic rings. The monoisotopic (exact) mass is 804 g/mol. The summed E-state index contributed by atoms with van der Waals surface area (Å²) < 4.78 is 49.3. The van der Waals surface area contributed by atoms with Crippen LogP contribution in [0.1, 0.15) is 258 Å². The van der Waals surface area contributed by atoms with Crippen molar-refractivity contribution in [1.82, 2.24) is 4.90 Å². The average Bonchev–Trinajstić information content (AvgIpc) is 3.16. The summed E-state index contributed by atoms with van der Waals surface area (Å²) >= 11 is 0. The summed E-state index contributed by atoms with van der Waals surface area (Å²) in [6.07, 6.45) is 33.9. The highest BCUT2D eigenvalue weighted by atomic mass is 19.4. The molecule has 0 radical (unpaired) electrons. The van der Waals surface area contributed by atoms with Gasteiger partial charge in [-0.3, -0.25) is 9.59 Å². The van der Waals surface area contributed by atoms with Gasteiger partial charge < -0.3 is 14.4 Å². The molecular weight excluding hydrogens is 712 g/mol. The molecule has 0 saturated carbocycles. The lowest BCUT2D eigenvalue weighted by molar-refractivity contribution is -0.150. The van der Waals surface area contributed by atoms with Gasteiger partial charge in [-0.1, -0.05) is 168 Å². The van der Waals surface area contributed by atoms with Gasteiger partial charge in [-0.2, -0.15) is 13.2 Å². The first-order valence-electron chi connectivity index (χ1n) is 24.4. The topological polar surface area (TPSA) is 55.8 Å². The van der Waals surface area contributed by atoms with Gasteiger partial charge in [0.2, 0.25) is 0 Å². The maximum atomic E-state index is 12.8. The third kappa shape index (κ3) is 42.3. The van der Waals surface area contributed by atoms with Gasteiger partial charge in [-0.15, -0.1) is 0 Å². The number of carbonyl (C=O) groups excluding carboxylic acids is 2. The molecule has 0 aliphatic carbocycles. The van der Waals surface area contributed by atoms with Crippen LogP contribution in [-0.4, -0.2) is 55.4 Å². The van der Waals surface area contributed by atoms with Crippen molar-refractivity contribution in [3.63, 3.8) is 0 Å². The van der Waals surface area contributed by atoms with Crippen LogP contribution in [0.3, 0.4) is 0 Å². The summed E-state index contributed by atoms with van der Waals surface area (Å²) in [5.41, 5.74) is 0. The Labute approximate surface area is 345 Å². The molecule has 0 unspecified atom stereocenters. The second-order valence-corrected chi connectivity index (χ2v) is 16.9. The summed E-state index contributed by atoms with van der Waals surface area (Å²) in [5, 5.41) is 0. The summed E-state index contributed by atoms with van der Waals surface area (Å²) in [4.78, 5) is 27.3. The molecule has 334 valence electrons. The van der Waals surface area contributed by atoms with Crippen LogP contribution in [0, 0.1) is 0 Å². The minimum Gasteiger partial charge on any atom is -0.466 e. The van der Waals surface area contributed by atoms with Gasteiger partial charge in [0.1, 0.15) is 6.10 Å². The Kier molecular flexibility index (Phi) is 40.9. The van der Waals surface area contributed by atoms with Crippen molar-refractivity contribution in [2.75, 3.05) is 26.2 Å². The fraction of sp³-hybridized carbons (Fsp3) is 0.958. The van der Waals surface area contributed by atoms with E-state index in [-0.39, 0.29) is 24.5 Å². The quantitative estimate of drug-likeness (QED) is 0.0454. The minimum atomic E-state index is -4.07. The third-order valence-corrected chi connectivity index (χ3v) is 11.2. The summed E-state index contributed by atoms with van der Waals surface area (Å²) in [6.45, 7) is 10.1. The normalized spacial score (nSPS) is 11.9. The lowest BCUT2D eigenvalue weighted by atomic mass is 10.0. The van der Waals surface area contributed by atoms with E-state index in [4.69, 9.17) is 9.47 Å². The zero-order valence-electron chi connectivity index (χ0n) is 37.3. The molecule has 0 aromatic carbocycles. The number of alkyl halides is 3. The first-order chi connectivity index (χ1) is 27.2. The van der Waals surface area contributed by atoms with Gasteiger partial charge in [-0.05, 0) is 90.3 Å². The van der Waals surface area contributed by atoms with E-state index in [0.717, 1.165) is 129 Å². The fourth-order valence-electron chi connectivity index (χ4n) is 7.57. The van der Waals surface area contributed by atoms with Crippen LogP contribution in [0.2, 0.25) is 0 Å². The molecule has 0 bridgehead atoms. The summed E-state index contributed by atoms with van der Waals surface area (Å²) in [7, 11) is 0. The van der Waals surface area contributed by atoms with Crippen LogP contribution in [0.15, 0.2) is 0 Å². The van der Waals surface area contributed by atoms with Gasteiger partial charge in [0, 0.05) is 19.3 Å². The molecule has 0 aliphatic heterocycles. The van der Waals surface area contributed by atoms with Crippen LogP contribution >= 0.6 is 0 Å². The average molecular weight is 804 g/mol. The second kappa shape index (κ2) is 41.8. The molecule has 0 heterocycles. The summed E-state index contributed by atoms with van der Waals surface area (Å²) in [5.74, 6) is -0.0961. The highest BCUT2D eigenvalue weighted by molar-refractivity contribution is 5.69. The summed E-state index contributed by atoms with van der Waals surface area (Å²) in [6, 6.07) is 0. The number of carbonyl (C=O) groups is 2. The van der Waals surface area contributed by atoms with Gasteiger partial charge in [0.15, 0.2) is 0 Å². The highest BCUT2D eigenvalue weighted by Crippen LogP contribution is 2.23. The number of esters is 2. The van der Waals surface area contributed by atoms with Crippen LogP contribution < -0.4 is 0 Å². The lowest BCUT2D eigenvalue weighted by Gasteiger charge is -2.22. The van der Waals surface area contributed by atoms with Crippen LogP contribution in [0.25, 0.3) is 0 Å². The largest absolute Gasteiger partial charge is 0.466 e. The molecule has 0 rings (SSSR count). The zero-order chi connectivity index (χ0) is 41.2. The molecule has 0 saturated heterocycles. The van der Waals surface area contributed by atoms with Crippen LogP contribution in [0.4, 0.5) is 13.2 Å². The van der Waals surface area contributed by atoms with E-state index in [1.165, 1.54) is 96.3 Å². The number of rotatable bonds is 44. The van der Waals surface area contributed by atoms with Crippen molar-refractivity contribution in [1.29, 1.82) is 0 Å². The molecule has 0 aromatic heterocycles. The molecule has 56 heavy (non-hydrogen) atoms. The van der Waals surface area contributed by atoms with E-state index < -0.39 is 12.6 Å². The number of nitrogens with zero attached hydrogens (tertiary/aromatic N) is 1. The molecule has 0 aromatic rings.